The zero-order chi connectivity index (χ0) is 13.8. The van der Waals surface area contributed by atoms with Gasteiger partial charge in [0.1, 0.15) is 5.75 Å². The van der Waals surface area contributed by atoms with E-state index in [1.807, 2.05) is 12.1 Å². The Hall–Kier alpha value is -0.540. The van der Waals surface area contributed by atoms with Crippen LogP contribution in [0.3, 0.4) is 0 Å². The van der Waals surface area contributed by atoms with Crippen LogP contribution in [0.4, 0.5) is 0 Å². The molecule has 0 aliphatic carbocycles. The normalized spacial score (nSPS) is 13.4. The van der Waals surface area contributed by atoms with E-state index in [0.29, 0.717) is 0 Å². The van der Waals surface area contributed by atoms with Gasteiger partial charge in [-0.3, -0.25) is 0 Å². The Kier molecular flexibility index (Phi) is 5.67. The third-order valence-corrected chi connectivity index (χ3v) is 3.66. The number of benzene rings is 1. The van der Waals surface area contributed by atoms with Gasteiger partial charge in [-0.25, -0.2) is 0 Å². The van der Waals surface area contributed by atoms with Gasteiger partial charge in [0, 0.05) is 4.47 Å². The minimum absolute atomic E-state index is 0.0403. The molecule has 102 valence electrons. The van der Waals surface area contributed by atoms with Gasteiger partial charge in [0.25, 0.3) is 0 Å². The second-order valence-corrected chi connectivity index (χ2v) is 6.65. The molecule has 0 fully saturated rings. The largest absolute Gasteiger partial charge is 0.496 e. The molecule has 1 rings (SSSR count). The lowest BCUT2D eigenvalue weighted by Crippen LogP contribution is -2.25. The Morgan fingerprint density at radius 3 is 2.56 bits per heavy atom. The van der Waals surface area contributed by atoms with Crippen LogP contribution in [0.1, 0.15) is 39.2 Å². The van der Waals surface area contributed by atoms with Crippen LogP contribution in [-0.2, 0) is 6.42 Å². The minimum atomic E-state index is -0.254. The molecule has 0 aliphatic rings. The Bertz CT molecular complexity index is 383. The zero-order valence-corrected chi connectivity index (χ0v) is 13.3. The highest BCUT2D eigenvalue weighted by atomic mass is 79.9. The smallest absolute Gasteiger partial charge is 0.122 e. The summed E-state index contributed by atoms with van der Waals surface area (Å²) in [5, 5.41) is 10.0. The van der Waals surface area contributed by atoms with Gasteiger partial charge in [0.2, 0.25) is 0 Å². The number of ether oxygens (including phenoxy) is 1. The Labute approximate surface area is 118 Å². The molecule has 1 atom stereocenters. The molecule has 0 heterocycles. The van der Waals surface area contributed by atoms with Gasteiger partial charge >= 0.3 is 0 Å². The molecule has 0 saturated heterocycles. The highest BCUT2D eigenvalue weighted by Gasteiger charge is 2.21. The summed E-state index contributed by atoms with van der Waals surface area (Å²) >= 11 is 3.47. The lowest BCUT2D eigenvalue weighted by atomic mass is 9.86. The van der Waals surface area contributed by atoms with Crippen LogP contribution in [0.2, 0.25) is 0 Å². The summed E-state index contributed by atoms with van der Waals surface area (Å²) in [7, 11) is 1.69. The summed E-state index contributed by atoms with van der Waals surface area (Å²) in [5.74, 6) is 0.920. The Balaban J connectivity index is 2.56. The lowest BCUT2D eigenvalue weighted by molar-refractivity contribution is 0.0540. The van der Waals surface area contributed by atoms with Crippen LogP contribution in [0.15, 0.2) is 22.7 Å². The third-order valence-electron chi connectivity index (χ3n) is 3.17. The maximum atomic E-state index is 10.0. The van der Waals surface area contributed by atoms with Gasteiger partial charge in [-0.05, 0) is 48.4 Å². The maximum Gasteiger partial charge on any atom is 0.122 e. The topological polar surface area (TPSA) is 29.5 Å². The number of aliphatic hydroxyl groups excluding tert-OH is 1. The fourth-order valence-corrected chi connectivity index (χ4v) is 2.27. The average Bonchev–Trinajstić information content (AvgIpc) is 2.28. The fraction of sp³-hybridized carbons (Fsp3) is 0.600. The van der Waals surface area contributed by atoms with Crippen molar-refractivity contribution in [2.24, 2.45) is 5.41 Å². The number of methoxy groups -OCH3 is 1. The van der Waals surface area contributed by atoms with E-state index in [9.17, 15) is 5.11 Å². The molecule has 1 aromatic rings. The molecule has 0 amide bonds. The second-order valence-electron chi connectivity index (χ2n) is 5.73. The first-order valence-electron chi connectivity index (χ1n) is 6.35. The molecule has 1 N–H and O–H groups in total. The van der Waals surface area contributed by atoms with Crippen molar-refractivity contribution >= 4 is 15.9 Å². The molecule has 0 spiro atoms. The molecular weight excluding hydrogens is 292 g/mol. The molecule has 1 unspecified atom stereocenters. The summed E-state index contributed by atoms with van der Waals surface area (Å²) in [6.07, 6.45) is 2.45. The van der Waals surface area contributed by atoms with Crippen molar-refractivity contribution < 1.29 is 9.84 Å². The van der Waals surface area contributed by atoms with Crippen LogP contribution >= 0.6 is 15.9 Å². The van der Waals surface area contributed by atoms with E-state index in [-0.39, 0.29) is 11.5 Å². The van der Waals surface area contributed by atoms with Crippen molar-refractivity contribution in [2.75, 3.05) is 7.11 Å². The molecule has 0 bridgehead atoms. The number of rotatable bonds is 5. The second kappa shape index (κ2) is 6.58. The van der Waals surface area contributed by atoms with Crippen molar-refractivity contribution in [1.82, 2.24) is 0 Å². The van der Waals surface area contributed by atoms with Gasteiger partial charge in [-0.1, -0.05) is 36.7 Å². The van der Waals surface area contributed by atoms with E-state index in [1.165, 1.54) is 5.56 Å². The van der Waals surface area contributed by atoms with Gasteiger partial charge < -0.3 is 9.84 Å². The van der Waals surface area contributed by atoms with Crippen LogP contribution in [0.5, 0.6) is 5.75 Å². The van der Waals surface area contributed by atoms with Crippen molar-refractivity contribution in [1.29, 1.82) is 0 Å². The molecule has 2 nitrogen and oxygen atoms in total. The number of halogens is 1. The Morgan fingerprint density at radius 1 is 1.33 bits per heavy atom. The third kappa shape index (κ3) is 4.62. The molecule has 1 aromatic carbocycles. The standard InChI is InChI=1S/C15H23BrO2/c1-15(2,3)14(17)7-5-6-11-10-12(16)8-9-13(11)18-4/h8-10,14,17H,5-7H2,1-4H3. The van der Waals surface area contributed by atoms with Crippen LogP contribution in [0.25, 0.3) is 0 Å². The maximum absolute atomic E-state index is 10.0. The lowest BCUT2D eigenvalue weighted by Gasteiger charge is -2.25. The van der Waals surface area contributed by atoms with E-state index in [1.54, 1.807) is 7.11 Å². The molecule has 3 heteroatoms. The predicted octanol–water partition coefficient (Wildman–Crippen LogP) is 4.19. The monoisotopic (exact) mass is 314 g/mol. The minimum Gasteiger partial charge on any atom is -0.496 e. The van der Waals surface area contributed by atoms with E-state index in [4.69, 9.17) is 4.74 Å². The van der Waals surface area contributed by atoms with Gasteiger partial charge in [0.15, 0.2) is 0 Å². The van der Waals surface area contributed by atoms with E-state index in [0.717, 1.165) is 29.5 Å². The highest BCUT2D eigenvalue weighted by molar-refractivity contribution is 9.10. The first-order valence-corrected chi connectivity index (χ1v) is 7.14. The number of aryl methyl sites for hydroxylation is 1. The number of hydrogen-bond donors (Lipinski definition) is 1. The summed E-state index contributed by atoms with van der Waals surface area (Å²) < 4.78 is 6.41. The molecule has 0 saturated carbocycles. The Morgan fingerprint density at radius 2 is 2.00 bits per heavy atom. The SMILES string of the molecule is COc1ccc(Br)cc1CCCC(O)C(C)(C)C. The molecule has 18 heavy (non-hydrogen) atoms. The van der Waals surface area contributed by atoms with Gasteiger partial charge in [0.05, 0.1) is 13.2 Å². The quantitative estimate of drug-likeness (QED) is 0.883. The van der Waals surface area contributed by atoms with Crippen molar-refractivity contribution in [3.63, 3.8) is 0 Å². The predicted molar refractivity (Wildman–Crippen MR) is 79.1 cm³/mol. The average molecular weight is 315 g/mol. The molecular formula is C15H23BrO2. The zero-order valence-electron chi connectivity index (χ0n) is 11.7. The summed E-state index contributed by atoms with van der Waals surface area (Å²) in [4.78, 5) is 0. The highest BCUT2D eigenvalue weighted by Crippen LogP contribution is 2.27. The first-order chi connectivity index (χ1) is 8.34. The van der Waals surface area contributed by atoms with Gasteiger partial charge in [-0.2, -0.15) is 0 Å². The van der Waals surface area contributed by atoms with Crippen molar-refractivity contribution in [2.45, 2.75) is 46.1 Å². The van der Waals surface area contributed by atoms with E-state index < -0.39 is 0 Å². The molecule has 0 radical (unpaired) electrons. The fourth-order valence-electron chi connectivity index (χ4n) is 1.86. The summed E-state index contributed by atoms with van der Waals surface area (Å²) in [6.45, 7) is 6.20. The van der Waals surface area contributed by atoms with E-state index in [2.05, 4.69) is 42.8 Å². The van der Waals surface area contributed by atoms with Crippen LogP contribution < -0.4 is 4.74 Å². The van der Waals surface area contributed by atoms with Crippen molar-refractivity contribution in [3.8, 4) is 5.75 Å². The van der Waals surface area contributed by atoms with E-state index >= 15 is 0 Å². The van der Waals surface area contributed by atoms with Gasteiger partial charge in [-0.15, -0.1) is 0 Å². The number of hydrogen-bond acceptors (Lipinski definition) is 2. The summed E-state index contributed by atoms with van der Waals surface area (Å²) in [5.41, 5.74) is 1.15. The molecule has 0 aromatic heterocycles. The van der Waals surface area contributed by atoms with Crippen LogP contribution in [0, 0.1) is 5.41 Å². The number of aliphatic hydroxyl groups is 1. The van der Waals surface area contributed by atoms with Crippen LogP contribution in [-0.4, -0.2) is 18.3 Å². The van der Waals surface area contributed by atoms with Crippen molar-refractivity contribution in [3.05, 3.63) is 28.2 Å². The molecule has 0 aliphatic heterocycles. The first kappa shape index (κ1) is 15.5. The summed E-state index contributed by atoms with van der Waals surface area (Å²) in [6, 6.07) is 6.04.